The van der Waals surface area contributed by atoms with Crippen LogP contribution in [0.2, 0.25) is 0 Å². The van der Waals surface area contributed by atoms with Crippen molar-refractivity contribution >= 4 is 37.6 Å². The van der Waals surface area contributed by atoms with E-state index in [1.165, 1.54) is 0 Å². The van der Waals surface area contributed by atoms with Gasteiger partial charge in [-0.05, 0) is 44.0 Å². The minimum Gasteiger partial charge on any atom is -0.506 e. The highest BCUT2D eigenvalue weighted by Gasteiger charge is 2.39. The number of benzene rings is 1. The molecule has 15 heavy (non-hydrogen) atoms. The van der Waals surface area contributed by atoms with Gasteiger partial charge in [-0.3, -0.25) is 4.79 Å². The minimum atomic E-state index is -4.92. The number of carbonyl (C=O) groups excluding carboxylic acids is 1. The Bertz CT molecular complexity index is 392. The van der Waals surface area contributed by atoms with E-state index in [4.69, 9.17) is 0 Å². The third-order valence-electron chi connectivity index (χ3n) is 1.54. The predicted octanol–water partition coefficient (Wildman–Crippen LogP) is 3.66. The molecule has 0 aliphatic heterocycles. The van der Waals surface area contributed by atoms with Crippen molar-refractivity contribution in [3.8, 4) is 5.75 Å². The fraction of sp³-hybridized carbons (Fsp3) is 0.125. The van der Waals surface area contributed by atoms with Crippen LogP contribution in [0, 0.1) is 0 Å². The Morgan fingerprint density at radius 1 is 1.20 bits per heavy atom. The summed E-state index contributed by atoms with van der Waals surface area (Å²) in [6, 6.07) is 1.83. The summed E-state index contributed by atoms with van der Waals surface area (Å²) in [6.45, 7) is 0. The van der Waals surface area contributed by atoms with Crippen molar-refractivity contribution in [1.29, 1.82) is 0 Å². The van der Waals surface area contributed by atoms with E-state index in [-0.39, 0.29) is 14.7 Å². The Morgan fingerprint density at radius 3 is 1.93 bits per heavy atom. The Kier molecular flexibility index (Phi) is 3.44. The largest absolute Gasteiger partial charge is 0.506 e. The SMILES string of the molecule is O=C(c1cc(Br)c(O)c(Br)c1)C(F)(F)F. The van der Waals surface area contributed by atoms with Crippen molar-refractivity contribution in [3.63, 3.8) is 0 Å². The second-order valence-electron chi connectivity index (χ2n) is 2.62. The molecular weight excluding hydrogens is 345 g/mol. The van der Waals surface area contributed by atoms with Crippen LogP contribution in [0.15, 0.2) is 21.1 Å². The zero-order chi connectivity index (χ0) is 11.8. The van der Waals surface area contributed by atoms with Gasteiger partial charge in [0.25, 0.3) is 5.78 Å². The van der Waals surface area contributed by atoms with Crippen LogP contribution in [-0.2, 0) is 0 Å². The lowest BCUT2D eigenvalue weighted by Crippen LogP contribution is -2.22. The van der Waals surface area contributed by atoms with Crippen molar-refractivity contribution in [3.05, 3.63) is 26.6 Å². The van der Waals surface area contributed by atoms with Crippen LogP contribution < -0.4 is 0 Å². The van der Waals surface area contributed by atoms with Crippen molar-refractivity contribution in [2.24, 2.45) is 0 Å². The van der Waals surface area contributed by atoms with E-state index in [0.29, 0.717) is 0 Å². The van der Waals surface area contributed by atoms with E-state index in [1.54, 1.807) is 0 Å². The summed E-state index contributed by atoms with van der Waals surface area (Å²) in [6.07, 6.45) is -4.92. The molecule has 7 heteroatoms. The Hall–Kier alpha value is -0.560. The van der Waals surface area contributed by atoms with E-state index in [0.717, 1.165) is 12.1 Å². The number of hydrogen-bond acceptors (Lipinski definition) is 2. The van der Waals surface area contributed by atoms with Crippen LogP contribution in [0.5, 0.6) is 5.75 Å². The normalized spacial score (nSPS) is 11.5. The standard InChI is InChI=1S/C8H3Br2F3O2/c9-4-1-3(2-5(10)6(4)14)7(15)8(11,12)13/h1-2,14H. The summed E-state index contributed by atoms with van der Waals surface area (Å²) in [4.78, 5) is 10.8. The molecule has 0 heterocycles. The lowest BCUT2D eigenvalue weighted by atomic mass is 10.1. The average Bonchev–Trinajstić information content (AvgIpc) is 2.10. The fourth-order valence-corrected chi connectivity index (χ4v) is 2.05. The molecule has 1 rings (SSSR count). The zero-order valence-corrected chi connectivity index (χ0v) is 10.1. The maximum atomic E-state index is 12.1. The number of rotatable bonds is 1. The maximum absolute atomic E-state index is 12.1. The number of alkyl halides is 3. The number of phenolic OH excluding ortho intramolecular Hbond substituents is 1. The van der Waals surface area contributed by atoms with Crippen LogP contribution in [0.3, 0.4) is 0 Å². The van der Waals surface area contributed by atoms with Crippen molar-refractivity contribution < 1.29 is 23.1 Å². The van der Waals surface area contributed by atoms with Crippen LogP contribution in [0.25, 0.3) is 0 Å². The first-order chi connectivity index (χ1) is 6.73. The van der Waals surface area contributed by atoms with E-state index in [2.05, 4.69) is 31.9 Å². The number of carbonyl (C=O) groups is 1. The Balaban J connectivity index is 3.24. The monoisotopic (exact) mass is 346 g/mol. The van der Waals surface area contributed by atoms with Gasteiger partial charge in [-0.2, -0.15) is 13.2 Å². The van der Waals surface area contributed by atoms with Gasteiger partial charge in [0.2, 0.25) is 0 Å². The van der Waals surface area contributed by atoms with Gasteiger partial charge in [-0.15, -0.1) is 0 Å². The van der Waals surface area contributed by atoms with Gasteiger partial charge in [0.1, 0.15) is 5.75 Å². The molecule has 1 aromatic rings. The van der Waals surface area contributed by atoms with E-state index in [1.807, 2.05) is 0 Å². The zero-order valence-electron chi connectivity index (χ0n) is 6.90. The van der Waals surface area contributed by atoms with Crippen LogP contribution >= 0.6 is 31.9 Å². The molecule has 0 bridgehead atoms. The highest BCUT2D eigenvalue weighted by molar-refractivity contribution is 9.11. The molecular formula is C8H3Br2F3O2. The quantitative estimate of drug-likeness (QED) is 0.787. The van der Waals surface area contributed by atoms with Gasteiger partial charge in [0, 0.05) is 5.56 Å². The second kappa shape index (κ2) is 4.13. The Labute approximate surface area is 99.3 Å². The molecule has 0 radical (unpaired) electrons. The first kappa shape index (κ1) is 12.5. The molecule has 0 saturated heterocycles. The molecule has 0 aromatic heterocycles. The molecule has 82 valence electrons. The second-order valence-corrected chi connectivity index (χ2v) is 4.32. The minimum absolute atomic E-state index is 0.0180. The molecule has 0 atom stereocenters. The molecule has 0 amide bonds. The number of Topliss-reactive ketones (excluding diaryl/α,β-unsaturated/α-hetero) is 1. The molecule has 2 nitrogen and oxygen atoms in total. The van der Waals surface area contributed by atoms with Crippen molar-refractivity contribution in [2.75, 3.05) is 0 Å². The number of phenols is 1. The lowest BCUT2D eigenvalue weighted by molar-refractivity contribution is -0.0885. The highest BCUT2D eigenvalue weighted by atomic mass is 79.9. The average molecular weight is 348 g/mol. The lowest BCUT2D eigenvalue weighted by Gasteiger charge is -2.07. The van der Waals surface area contributed by atoms with Gasteiger partial charge in [0.15, 0.2) is 0 Å². The number of ketones is 1. The topological polar surface area (TPSA) is 37.3 Å². The molecule has 0 aliphatic carbocycles. The summed E-state index contributed by atoms with van der Waals surface area (Å²) < 4.78 is 36.2. The van der Waals surface area contributed by atoms with Gasteiger partial charge >= 0.3 is 6.18 Å². The molecule has 0 unspecified atom stereocenters. The molecule has 0 fully saturated rings. The maximum Gasteiger partial charge on any atom is 0.454 e. The van der Waals surface area contributed by atoms with Crippen molar-refractivity contribution in [2.45, 2.75) is 6.18 Å². The van der Waals surface area contributed by atoms with E-state index in [9.17, 15) is 23.1 Å². The van der Waals surface area contributed by atoms with Gasteiger partial charge in [-0.25, -0.2) is 0 Å². The molecule has 0 spiro atoms. The number of aromatic hydroxyl groups is 1. The first-order valence-electron chi connectivity index (χ1n) is 3.53. The molecule has 1 N–H and O–H groups in total. The molecule has 0 saturated carbocycles. The summed E-state index contributed by atoms with van der Waals surface area (Å²) in [5, 5.41) is 9.23. The number of hydrogen-bond donors (Lipinski definition) is 1. The van der Waals surface area contributed by atoms with Gasteiger partial charge < -0.3 is 5.11 Å². The summed E-state index contributed by atoms with van der Waals surface area (Å²) in [7, 11) is 0. The van der Waals surface area contributed by atoms with Gasteiger partial charge in [0.05, 0.1) is 8.95 Å². The third kappa shape index (κ3) is 2.72. The summed E-state index contributed by atoms with van der Waals surface area (Å²) in [5.41, 5.74) is -0.543. The number of halogens is 5. The molecule has 1 aromatic carbocycles. The smallest absolute Gasteiger partial charge is 0.454 e. The van der Waals surface area contributed by atoms with E-state index >= 15 is 0 Å². The highest BCUT2D eigenvalue weighted by Crippen LogP contribution is 2.35. The third-order valence-corrected chi connectivity index (χ3v) is 2.75. The Morgan fingerprint density at radius 2 is 1.60 bits per heavy atom. The van der Waals surface area contributed by atoms with Crippen LogP contribution in [0.4, 0.5) is 13.2 Å². The summed E-state index contributed by atoms with van der Waals surface area (Å²) in [5.74, 6) is -2.21. The first-order valence-corrected chi connectivity index (χ1v) is 5.11. The molecule has 0 aliphatic rings. The van der Waals surface area contributed by atoms with Crippen LogP contribution in [-0.4, -0.2) is 17.1 Å². The van der Waals surface area contributed by atoms with E-state index < -0.39 is 17.5 Å². The summed E-state index contributed by atoms with van der Waals surface area (Å²) >= 11 is 5.66. The van der Waals surface area contributed by atoms with Crippen LogP contribution in [0.1, 0.15) is 10.4 Å². The van der Waals surface area contributed by atoms with Gasteiger partial charge in [-0.1, -0.05) is 0 Å². The predicted molar refractivity (Wildman–Crippen MR) is 53.9 cm³/mol. The fourth-order valence-electron chi connectivity index (χ4n) is 0.860. The van der Waals surface area contributed by atoms with Crippen molar-refractivity contribution in [1.82, 2.24) is 0 Å².